The summed E-state index contributed by atoms with van der Waals surface area (Å²) in [6.07, 6.45) is -2.10. The number of carbonyl (C=O) groups is 3. The van der Waals surface area contributed by atoms with Crippen molar-refractivity contribution in [3.05, 3.63) is 0 Å². The van der Waals surface area contributed by atoms with Gasteiger partial charge in [-0.1, -0.05) is 0 Å². The van der Waals surface area contributed by atoms with Gasteiger partial charge < -0.3 is 24.4 Å². The lowest BCUT2D eigenvalue weighted by Gasteiger charge is -2.20. The van der Waals surface area contributed by atoms with Gasteiger partial charge in [0.2, 0.25) is 0 Å². The molecular weight excluding hydrogens is 260 g/mol. The molecule has 0 rings (SSSR count). The molecule has 0 aliphatic heterocycles. The molecule has 0 aliphatic carbocycles. The van der Waals surface area contributed by atoms with Gasteiger partial charge in [-0.05, 0) is 13.8 Å². The summed E-state index contributed by atoms with van der Waals surface area (Å²) in [6.45, 7) is 4.08. The zero-order valence-corrected chi connectivity index (χ0v) is 11.0. The fourth-order valence-corrected chi connectivity index (χ4v) is 1.11. The summed E-state index contributed by atoms with van der Waals surface area (Å²) in [5.74, 6) is -5.19. The van der Waals surface area contributed by atoms with E-state index in [4.69, 9.17) is 0 Å². The lowest BCUT2D eigenvalue weighted by molar-refractivity contribution is -0.321. The van der Waals surface area contributed by atoms with Crippen LogP contribution in [0.2, 0.25) is 0 Å². The van der Waals surface area contributed by atoms with Gasteiger partial charge in [-0.3, -0.25) is 9.59 Å². The molecule has 0 aliphatic rings. The lowest BCUT2D eigenvalue weighted by Crippen LogP contribution is -2.35. The normalized spacial score (nSPS) is 12.5. The summed E-state index contributed by atoms with van der Waals surface area (Å²) in [4.78, 5) is 33.0. The molecule has 1 atom stereocenters. The van der Waals surface area contributed by atoms with Gasteiger partial charge in [-0.15, -0.1) is 0 Å². The van der Waals surface area contributed by atoms with E-state index < -0.39 is 42.8 Å². The highest BCUT2D eigenvalue weighted by Gasteiger charge is 2.29. The SMILES string of the molecule is CCOC(=O)[C@H](C)OC(=O)CCC(O)(O)OC(C)=O. The van der Waals surface area contributed by atoms with E-state index in [1.165, 1.54) is 6.92 Å². The van der Waals surface area contributed by atoms with E-state index in [0.29, 0.717) is 0 Å². The highest BCUT2D eigenvalue weighted by atomic mass is 16.8. The Hall–Kier alpha value is -1.67. The van der Waals surface area contributed by atoms with Gasteiger partial charge in [0.1, 0.15) is 0 Å². The van der Waals surface area contributed by atoms with Gasteiger partial charge in [0.15, 0.2) is 6.10 Å². The van der Waals surface area contributed by atoms with Crippen LogP contribution >= 0.6 is 0 Å². The maximum Gasteiger partial charge on any atom is 0.347 e. The third-order valence-electron chi connectivity index (χ3n) is 1.89. The van der Waals surface area contributed by atoms with Gasteiger partial charge >= 0.3 is 23.9 Å². The van der Waals surface area contributed by atoms with Crippen molar-refractivity contribution in [1.82, 2.24) is 0 Å². The molecule has 0 saturated carbocycles. The van der Waals surface area contributed by atoms with Crippen molar-refractivity contribution >= 4 is 17.9 Å². The maximum absolute atomic E-state index is 11.3. The highest BCUT2D eigenvalue weighted by Crippen LogP contribution is 2.12. The fraction of sp³-hybridized carbons (Fsp3) is 0.727. The minimum Gasteiger partial charge on any atom is -0.463 e. The van der Waals surface area contributed by atoms with Crippen molar-refractivity contribution in [2.24, 2.45) is 0 Å². The van der Waals surface area contributed by atoms with Gasteiger partial charge in [-0.25, -0.2) is 4.79 Å². The van der Waals surface area contributed by atoms with Crippen LogP contribution in [0.4, 0.5) is 0 Å². The Morgan fingerprint density at radius 2 is 1.84 bits per heavy atom. The van der Waals surface area contributed by atoms with Gasteiger partial charge in [-0.2, -0.15) is 0 Å². The molecule has 0 heterocycles. The monoisotopic (exact) mass is 278 g/mol. The van der Waals surface area contributed by atoms with Crippen LogP contribution in [0.3, 0.4) is 0 Å². The van der Waals surface area contributed by atoms with Crippen LogP contribution in [-0.2, 0) is 28.6 Å². The van der Waals surface area contributed by atoms with Crippen LogP contribution in [0.15, 0.2) is 0 Å². The van der Waals surface area contributed by atoms with Crippen molar-refractivity contribution in [1.29, 1.82) is 0 Å². The number of esters is 3. The Bertz CT molecular complexity index is 336. The molecule has 0 amide bonds. The van der Waals surface area contributed by atoms with E-state index in [0.717, 1.165) is 6.92 Å². The van der Waals surface area contributed by atoms with Crippen molar-refractivity contribution in [3.63, 3.8) is 0 Å². The van der Waals surface area contributed by atoms with E-state index in [1.807, 2.05) is 0 Å². The molecule has 8 heteroatoms. The summed E-state index contributed by atoms with van der Waals surface area (Å²) >= 11 is 0. The first kappa shape index (κ1) is 17.3. The largest absolute Gasteiger partial charge is 0.463 e. The summed E-state index contributed by atoms with van der Waals surface area (Å²) in [6, 6.07) is 0. The first-order valence-electron chi connectivity index (χ1n) is 5.68. The predicted octanol–water partition coefficient (Wildman–Crippen LogP) is -0.537. The van der Waals surface area contributed by atoms with E-state index in [2.05, 4.69) is 14.2 Å². The number of rotatable bonds is 7. The molecule has 0 aromatic carbocycles. The Labute approximate surface area is 110 Å². The van der Waals surface area contributed by atoms with Gasteiger partial charge in [0.25, 0.3) is 0 Å². The number of ether oxygens (including phenoxy) is 3. The molecule has 19 heavy (non-hydrogen) atoms. The smallest absolute Gasteiger partial charge is 0.347 e. The molecule has 0 unspecified atom stereocenters. The Balaban J connectivity index is 4.11. The molecule has 8 nitrogen and oxygen atoms in total. The average molecular weight is 278 g/mol. The summed E-state index contributed by atoms with van der Waals surface area (Å²) in [5, 5.41) is 18.3. The summed E-state index contributed by atoms with van der Waals surface area (Å²) in [7, 11) is 0. The highest BCUT2D eigenvalue weighted by molar-refractivity contribution is 5.79. The van der Waals surface area contributed by atoms with E-state index in [1.54, 1.807) is 6.92 Å². The Morgan fingerprint density at radius 1 is 1.26 bits per heavy atom. The van der Waals surface area contributed by atoms with Crippen molar-refractivity contribution in [2.75, 3.05) is 6.61 Å². The standard InChI is InChI=1S/C11H18O8/c1-4-17-10(14)7(2)18-9(13)5-6-11(15,16)19-8(3)12/h7,15-16H,4-6H2,1-3H3/t7-/m0/s1. The van der Waals surface area contributed by atoms with Crippen LogP contribution in [0, 0.1) is 0 Å². The second-order valence-corrected chi connectivity index (χ2v) is 3.72. The molecule has 2 N–H and O–H groups in total. The summed E-state index contributed by atoms with van der Waals surface area (Å²) in [5.41, 5.74) is 0. The Kier molecular flexibility index (Phi) is 7.02. The number of aliphatic hydroxyl groups is 2. The average Bonchev–Trinajstić information content (AvgIpc) is 2.25. The molecule has 0 aromatic rings. The minimum absolute atomic E-state index is 0.156. The van der Waals surface area contributed by atoms with E-state index in [9.17, 15) is 24.6 Å². The third-order valence-corrected chi connectivity index (χ3v) is 1.89. The number of hydrogen-bond acceptors (Lipinski definition) is 8. The van der Waals surface area contributed by atoms with Crippen LogP contribution in [-0.4, -0.2) is 46.8 Å². The quantitative estimate of drug-likeness (QED) is 0.362. The van der Waals surface area contributed by atoms with E-state index >= 15 is 0 Å². The zero-order chi connectivity index (χ0) is 15.1. The molecule has 0 radical (unpaired) electrons. The van der Waals surface area contributed by atoms with Crippen LogP contribution in [0.25, 0.3) is 0 Å². The van der Waals surface area contributed by atoms with Crippen molar-refractivity contribution in [3.8, 4) is 0 Å². The maximum atomic E-state index is 11.3. The van der Waals surface area contributed by atoms with Crippen molar-refractivity contribution < 1.29 is 38.8 Å². The topological polar surface area (TPSA) is 119 Å². The molecule has 110 valence electrons. The Morgan fingerprint density at radius 3 is 2.32 bits per heavy atom. The molecule has 0 fully saturated rings. The first-order chi connectivity index (χ1) is 8.68. The van der Waals surface area contributed by atoms with Crippen molar-refractivity contribution in [2.45, 2.75) is 45.7 Å². The molecular formula is C11H18O8. The van der Waals surface area contributed by atoms with Crippen LogP contribution in [0.5, 0.6) is 0 Å². The molecule has 0 aromatic heterocycles. The molecule has 0 bridgehead atoms. The lowest BCUT2D eigenvalue weighted by atomic mass is 10.2. The minimum atomic E-state index is -2.74. The second kappa shape index (κ2) is 7.70. The summed E-state index contributed by atoms with van der Waals surface area (Å²) < 4.78 is 13.5. The third kappa shape index (κ3) is 8.11. The van der Waals surface area contributed by atoms with Crippen LogP contribution < -0.4 is 0 Å². The van der Waals surface area contributed by atoms with E-state index in [-0.39, 0.29) is 6.61 Å². The number of carbonyl (C=O) groups excluding carboxylic acids is 3. The van der Waals surface area contributed by atoms with Crippen LogP contribution in [0.1, 0.15) is 33.6 Å². The number of hydrogen-bond donors (Lipinski definition) is 2. The fourth-order valence-electron chi connectivity index (χ4n) is 1.11. The van der Waals surface area contributed by atoms with Gasteiger partial charge in [0, 0.05) is 6.92 Å². The molecule has 0 saturated heterocycles. The second-order valence-electron chi connectivity index (χ2n) is 3.72. The zero-order valence-electron chi connectivity index (χ0n) is 11.0. The first-order valence-corrected chi connectivity index (χ1v) is 5.68. The molecule has 0 spiro atoms. The predicted molar refractivity (Wildman–Crippen MR) is 60.4 cm³/mol. The van der Waals surface area contributed by atoms with Gasteiger partial charge in [0.05, 0.1) is 19.4 Å².